The van der Waals surface area contributed by atoms with Crippen molar-refractivity contribution in [3.63, 3.8) is 0 Å². The molecule has 0 fully saturated rings. The first-order valence-corrected chi connectivity index (χ1v) is 14.2. The third-order valence-corrected chi connectivity index (χ3v) is 13.0. The van der Waals surface area contributed by atoms with Gasteiger partial charge in [0.1, 0.15) is 0 Å². The Balaban J connectivity index is 2.29. The van der Waals surface area contributed by atoms with Crippen molar-refractivity contribution in [2.45, 2.75) is 83.4 Å². The van der Waals surface area contributed by atoms with Crippen LogP contribution in [0.3, 0.4) is 0 Å². The molecule has 0 spiro atoms. The predicted octanol–water partition coefficient (Wildman–Crippen LogP) is 9.69. The summed E-state index contributed by atoms with van der Waals surface area (Å²) < 4.78 is 0. The first-order valence-electron chi connectivity index (χ1n) is 12.4. The molecule has 3 aromatic rings. The van der Waals surface area contributed by atoms with Crippen LogP contribution in [-0.2, 0) is 10.4 Å². The average Bonchev–Trinajstić information content (AvgIpc) is 2.78. The van der Waals surface area contributed by atoms with Crippen molar-refractivity contribution in [3.05, 3.63) is 108 Å². The van der Waals surface area contributed by atoms with Crippen molar-refractivity contribution in [1.29, 1.82) is 0 Å². The van der Waals surface area contributed by atoms with Crippen LogP contribution in [-0.4, -0.2) is 15.5 Å². The van der Waals surface area contributed by atoms with Crippen molar-refractivity contribution >= 4 is 7.41 Å². The van der Waals surface area contributed by atoms with Crippen molar-refractivity contribution < 1.29 is 4.84 Å². The van der Waals surface area contributed by atoms with E-state index >= 15 is 0 Å². The van der Waals surface area contributed by atoms with E-state index < -0.39 is 13.0 Å². The van der Waals surface area contributed by atoms with E-state index in [1.165, 1.54) is 0 Å². The fraction of sp³-hybridized carbons (Fsp3) is 0.419. The third-order valence-electron chi connectivity index (χ3n) is 6.80. The second-order valence-electron chi connectivity index (χ2n) is 12.2. The van der Waals surface area contributed by atoms with Gasteiger partial charge in [-0.2, -0.15) is 0 Å². The number of hydrogen-bond donors (Lipinski definition) is 0. The molecular weight excluding hydrogens is 447 g/mol. The van der Waals surface area contributed by atoms with Crippen LogP contribution in [0.5, 0.6) is 0 Å². The Kier molecular flexibility index (Phi) is 7.63. The summed E-state index contributed by atoms with van der Waals surface area (Å²) in [6.45, 7) is 20.7. The van der Waals surface area contributed by atoms with E-state index in [0.29, 0.717) is 0 Å². The van der Waals surface area contributed by atoms with Crippen LogP contribution in [0.15, 0.2) is 101 Å². The Morgan fingerprint density at radius 1 is 0.486 bits per heavy atom. The summed E-state index contributed by atoms with van der Waals surface area (Å²) in [6, 6.07) is 31.0. The summed E-state index contributed by atoms with van der Waals surface area (Å²) in [5.41, 5.74) is 2.13. The van der Waals surface area contributed by atoms with Gasteiger partial charge >= 0.3 is 0 Å². The lowest BCUT2D eigenvalue weighted by atomic mass is 9.80. The van der Waals surface area contributed by atoms with Gasteiger partial charge in [-0.3, -0.25) is 0 Å². The van der Waals surface area contributed by atoms with Gasteiger partial charge in [-0.05, 0) is 62.3 Å². The van der Waals surface area contributed by atoms with Gasteiger partial charge in [0.05, 0.1) is 20.7 Å². The maximum absolute atomic E-state index is 6.72. The molecule has 0 aliphatic carbocycles. The van der Waals surface area contributed by atoms with E-state index in [-0.39, 0.29) is 15.5 Å². The summed E-state index contributed by atoms with van der Waals surface area (Å²) in [6.07, 6.45) is 0. The zero-order valence-electron chi connectivity index (χ0n) is 22.9. The highest BCUT2D eigenvalue weighted by Crippen LogP contribution is 2.84. The van der Waals surface area contributed by atoms with Gasteiger partial charge in [0, 0.05) is 21.6 Å². The molecule has 0 aliphatic heterocycles. The summed E-state index contributed by atoms with van der Waals surface area (Å²) in [7, 11) is -2.08. The third kappa shape index (κ3) is 4.94. The SMILES string of the molecule is CC(C)(C)[P+](/N=N/OC(c1ccccc1)(c1ccccc1)c1ccccc1)(C(C)(C)C)C(C)(C)C. The minimum atomic E-state index is -2.08. The molecule has 35 heavy (non-hydrogen) atoms. The molecule has 0 aromatic heterocycles. The largest absolute Gasteiger partial charge is 0.356 e. The maximum atomic E-state index is 6.72. The van der Waals surface area contributed by atoms with Crippen molar-refractivity contribution in [1.82, 2.24) is 0 Å². The molecule has 0 N–H and O–H groups in total. The van der Waals surface area contributed by atoms with Crippen LogP contribution in [0.4, 0.5) is 0 Å². The molecule has 0 atom stereocenters. The summed E-state index contributed by atoms with van der Waals surface area (Å²) in [5.74, 6) is 0. The highest BCUT2D eigenvalue weighted by atomic mass is 31.2. The number of rotatable bonds is 6. The van der Waals surface area contributed by atoms with Crippen LogP contribution < -0.4 is 0 Å². The Labute approximate surface area is 213 Å². The maximum Gasteiger partial charge on any atom is 0.214 e. The molecule has 0 radical (unpaired) electrons. The Morgan fingerprint density at radius 3 is 1.03 bits per heavy atom. The van der Waals surface area contributed by atoms with E-state index in [1.807, 2.05) is 54.6 Å². The van der Waals surface area contributed by atoms with Crippen molar-refractivity contribution in [2.75, 3.05) is 0 Å². The number of hydrogen-bond acceptors (Lipinski definition) is 3. The van der Waals surface area contributed by atoms with Crippen LogP contribution in [0, 0.1) is 0 Å². The van der Waals surface area contributed by atoms with E-state index in [9.17, 15) is 0 Å². The Hall–Kier alpha value is -2.51. The highest BCUT2D eigenvalue weighted by Gasteiger charge is 2.67. The standard InChI is InChI=1S/C31H42N2OP/c1-28(2,3)35(29(4,5)6,30(7,8)9)33-32-34-31(25-19-13-10-14-20-25,26-21-15-11-16-22-26)27-23-17-12-18-24-27/h10-24H,1-9H3/q+1/b33-32+. The Morgan fingerprint density at radius 2 is 0.771 bits per heavy atom. The highest BCUT2D eigenvalue weighted by molar-refractivity contribution is 7.78. The molecule has 0 amide bonds. The van der Waals surface area contributed by atoms with Gasteiger partial charge < -0.3 is 4.84 Å². The molecule has 186 valence electrons. The van der Waals surface area contributed by atoms with Gasteiger partial charge in [-0.1, -0.05) is 91.0 Å². The minimum absolute atomic E-state index is 0.0503. The topological polar surface area (TPSA) is 34.0 Å². The molecule has 3 aromatic carbocycles. The van der Waals surface area contributed by atoms with E-state index in [0.717, 1.165) is 16.7 Å². The molecule has 0 bridgehead atoms. The quantitative estimate of drug-likeness (QED) is 0.147. The lowest BCUT2D eigenvalue weighted by Crippen LogP contribution is -2.42. The average molecular weight is 490 g/mol. The fourth-order valence-corrected chi connectivity index (χ4v) is 13.2. The summed E-state index contributed by atoms with van der Waals surface area (Å²) >= 11 is 0. The van der Waals surface area contributed by atoms with E-state index in [1.54, 1.807) is 0 Å². The van der Waals surface area contributed by atoms with Crippen LogP contribution >= 0.6 is 7.41 Å². The molecule has 0 saturated carbocycles. The lowest BCUT2D eigenvalue weighted by Gasteiger charge is -2.48. The van der Waals surface area contributed by atoms with Crippen molar-refractivity contribution in [2.24, 2.45) is 10.2 Å². The van der Waals surface area contributed by atoms with Gasteiger partial charge in [0.2, 0.25) is 5.60 Å². The fourth-order valence-electron chi connectivity index (χ4n) is 6.23. The number of nitrogens with zero attached hydrogens (tertiary/aromatic N) is 2. The molecule has 4 heteroatoms. The smallest absolute Gasteiger partial charge is 0.214 e. The molecule has 3 rings (SSSR count). The number of benzene rings is 3. The Bertz CT molecular complexity index is 973. The van der Waals surface area contributed by atoms with E-state index in [2.05, 4.69) is 98.7 Å². The van der Waals surface area contributed by atoms with Crippen LogP contribution in [0.1, 0.15) is 79.0 Å². The zero-order valence-corrected chi connectivity index (χ0v) is 23.8. The first-order chi connectivity index (χ1) is 16.3. The normalized spacial score (nSPS) is 13.7. The first kappa shape index (κ1) is 27.1. The van der Waals surface area contributed by atoms with Crippen LogP contribution in [0.25, 0.3) is 0 Å². The molecular formula is C31H42N2OP+. The molecule has 0 saturated heterocycles. The molecule has 0 unspecified atom stereocenters. The van der Waals surface area contributed by atoms with Gasteiger partial charge in [-0.25, -0.2) is 0 Å². The summed E-state index contributed by atoms with van der Waals surface area (Å²) in [5, 5.41) is 4.57. The van der Waals surface area contributed by atoms with Gasteiger partial charge in [-0.15, -0.1) is 0 Å². The minimum Gasteiger partial charge on any atom is -0.356 e. The molecule has 0 aliphatic rings. The van der Waals surface area contributed by atoms with Crippen LogP contribution in [0.2, 0.25) is 0 Å². The molecule has 0 heterocycles. The van der Waals surface area contributed by atoms with Gasteiger partial charge in [0.25, 0.3) is 0 Å². The predicted molar refractivity (Wildman–Crippen MR) is 151 cm³/mol. The van der Waals surface area contributed by atoms with E-state index in [4.69, 9.17) is 15.0 Å². The van der Waals surface area contributed by atoms with Gasteiger partial charge in [0.15, 0.2) is 7.41 Å². The van der Waals surface area contributed by atoms with Crippen molar-refractivity contribution in [3.8, 4) is 0 Å². The summed E-state index contributed by atoms with van der Waals surface area (Å²) in [4.78, 5) is 12.0. The lowest BCUT2D eigenvalue weighted by molar-refractivity contribution is 0.00499. The second-order valence-corrected chi connectivity index (χ2v) is 17.7. The zero-order chi connectivity index (χ0) is 26.0. The molecule has 3 nitrogen and oxygen atoms in total. The second kappa shape index (κ2) is 9.86. The monoisotopic (exact) mass is 489 g/mol.